The molecular weight excluding hydrogens is 212 g/mol. The van der Waals surface area contributed by atoms with Crippen LogP contribution in [-0.2, 0) is 16.6 Å². The van der Waals surface area contributed by atoms with Gasteiger partial charge in [-0.25, -0.2) is 13.6 Å². The molecule has 0 radical (unpaired) electrons. The molecule has 0 aliphatic carbocycles. The predicted octanol–water partition coefficient (Wildman–Crippen LogP) is 0.832. The maximum Gasteiger partial charge on any atom is 0.238 e. The van der Waals surface area contributed by atoms with Crippen molar-refractivity contribution in [3.8, 4) is 0 Å². The van der Waals surface area contributed by atoms with E-state index in [0.717, 1.165) is 12.1 Å². The van der Waals surface area contributed by atoms with E-state index in [4.69, 9.17) is 5.14 Å². The van der Waals surface area contributed by atoms with Crippen LogP contribution < -0.4 is 10.5 Å². The Morgan fingerprint density at radius 1 is 1.27 bits per heavy atom. The van der Waals surface area contributed by atoms with Gasteiger partial charge < -0.3 is 5.32 Å². The molecule has 0 fully saturated rings. The second-order valence-corrected chi connectivity index (χ2v) is 5.29. The van der Waals surface area contributed by atoms with Crippen LogP contribution in [0, 0.1) is 0 Å². The number of nitrogens with two attached hydrogens (primary N) is 1. The minimum Gasteiger partial charge on any atom is -0.310 e. The molecule has 15 heavy (non-hydrogen) atoms. The molecule has 3 N–H and O–H groups in total. The van der Waals surface area contributed by atoms with Gasteiger partial charge in [-0.3, -0.25) is 0 Å². The summed E-state index contributed by atoms with van der Waals surface area (Å²) in [5.41, 5.74) is 1.04. The average molecular weight is 228 g/mol. The molecule has 0 spiro atoms. The largest absolute Gasteiger partial charge is 0.310 e. The van der Waals surface area contributed by atoms with Crippen LogP contribution in [0.4, 0.5) is 0 Å². The van der Waals surface area contributed by atoms with Gasteiger partial charge in [0.05, 0.1) is 4.90 Å². The lowest BCUT2D eigenvalue weighted by atomic mass is 10.2. The summed E-state index contributed by atoms with van der Waals surface area (Å²) in [6.45, 7) is 4.83. The second kappa shape index (κ2) is 4.74. The van der Waals surface area contributed by atoms with Crippen LogP contribution in [0.25, 0.3) is 0 Å². The van der Waals surface area contributed by atoms with Crippen molar-refractivity contribution in [2.45, 2.75) is 31.3 Å². The van der Waals surface area contributed by atoms with Crippen molar-refractivity contribution < 1.29 is 8.42 Å². The lowest BCUT2D eigenvalue weighted by molar-refractivity contribution is 0.587. The Morgan fingerprint density at radius 2 is 1.80 bits per heavy atom. The molecule has 0 aliphatic rings. The van der Waals surface area contributed by atoms with E-state index >= 15 is 0 Å². The Kier molecular flexibility index (Phi) is 3.84. The number of primary sulfonamides is 1. The number of sulfonamides is 1. The van der Waals surface area contributed by atoms with Crippen LogP contribution >= 0.6 is 0 Å². The molecule has 1 aromatic carbocycles. The quantitative estimate of drug-likeness (QED) is 0.802. The molecule has 0 unspecified atom stereocenters. The predicted molar refractivity (Wildman–Crippen MR) is 59.8 cm³/mol. The van der Waals surface area contributed by atoms with Gasteiger partial charge in [0.1, 0.15) is 0 Å². The Balaban J connectivity index is 2.73. The van der Waals surface area contributed by atoms with Crippen molar-refractivity contribution in [3.63, 3.8) is 0 Å². The first-order valence-electron chi connectivity index (χ1n) is 4.75. The minimum absolute atomic E-state index is 0.149. The van der Waals surface area contributed by atoms with E-state index in [-0.39, 0.29) is 4.90 Å². The van der Waals surface area contributed by atoms with Crippen molar-refractivity contribution in [2.24, 2.45) is 5.14 Å². The molecule has 0 aliphatic heterocycles. The zero-order chi connectivity index (χ0) is 11.5. The average Bonchev–Trinajstić information content (AvgIpc) is 2.14. The molecule has 0 saturated carbocycles. The Bertz CT molecular complexity index is 410. The summed E-state index contributed by atoms with van der Waals surface area (Å²) in [7, 11) is -3.57. The van der Waals surface area contributed by atoms with Crippen molar-refractivity contribution in [3.05, 3.63) is 29.8 Å². The smallest absolute Gasteiger partial charge is 0.238 e. The van der Waals surface area contributed by atoms with Gasteiger partial charge in [0.15, 0.2) is 0 Å². The van der Waals surface area contributed by atoms with E-state index in [1.54, 1.807) is 12.1 Å². The van der Waals surface area contributed by atoms with E-state index in [1.165, 1.54) is 12.1 Å². The van der Waals surface area contributed by atoms with Gasteiger partial charge in [-0.2, -0.15) is 0 Å². The first-order valence-corrected chi connectivity index (χ1v) is 6.29. The Labute approximate surface area is 90.5 Å². The number of hydrogen-bond donors (Lipinski definition) is 2. The van der Waals surface area contributed by atoms with Gasteiger partial charge in [0.25, 0.3) is 0 Å². The molecule has 0 saturated heterocycles. The van der Waals surface area contributed by atoms with Crippen molar-refractivity contribution in [1.29, 1.82) is 0 Å². The summed E-state index contributed by atoms with van der Waals surface area (Å²) in [5, 5.41) is 8.22. The highest BCUT2D eigenvalue weighted by molar-refractivity contribution is 7.89. The molecule has 0 bridgehead atoms. The summed E-state index contributed by atoms with van der Waals surface area (Å²) < 4.78 is 21.9. The molecular formula is C10H16N2O2S. The van der Waals surface area contributed by atoms with Gasteiger partial charge in [0, 0.05) is 12.6 Å². The molecule has 0 amide bonds. The molecule has 1 aromatic rings. The number of benzene rings is 1. The standard InChI is InChI=1S/C10H16N2O2S/c1-8(2)12-7-9-3-5-10(6-4-9)15(11,13)14/h3-6,8,12H,7H2,1-2H3,(H2,11,13,14). The van der Waals surface area contributed by atoms with Crippen LogP contribution in [-0.4, -0.2) is 14.5 Å². The van der Waals surface area contributed by atoms with Crippen molar-refractivity contribution >= 4 is 10.0 Å². The summed E-state index contributed by atoms with van der Waals surface area (Å²) in [6.07, 6.45) is 0. The lowest BCUT2D eigenvalue weighted by Crippen LogP contribution is -2.21. The molecule has 0 aromatic heterocycles. The number of hydrogen-bond acceptors (Lipinski definition) is 3. The fourth-order valence-electron chi connectivity index (χ4n) is 1.12. The van der Waals surface area contributed by atoms with Crippen LogP contribution in [0.1, 0.15) is 19.4 Å². The first-order chi connectivity index (χ1) is 6.89. The van der Waals surface area contributed by atoms with Crippen LogP contribution in [0.15, 0.2) is 29.2 Å². The SMILES string of the molecule is CC(C)NCc1ccc(S(N)(=O)=O)cc1. The molecule has 84 valence electrons. The summed E-state index contributed by atoms with van der Waals surface area (Å²) in [4.78, 5) is 0.149. The highest BCUT2D eigenvalue weighted by atomic mass is 32.2. The summed E-state index contributed by atoms with van der Waals surface area (Å²) >= 11 is 0. The zero-order valence-electron chi connectivity index (χ0n) is 8.90. The Morgan fingerprint density at radius 3 is 2.20 bits per heavy atom. The van der Waals surface area contributed by atoms with Gasteiger partial charge in [0.2, 0.25) is 10.0 Å². The van der Waals surface area contributed by atoms with Crippen LogP contribution in [0.2, 0.25) is 0 Å². The third-order valence-electron chi connectivity index (χ3n) is 1.97. The fourth-order valence-corrected chi connectivity index (χ4v) is 1.63. The van der Waals surface area contributed by atoms with Gasteiger partial charge in [-0.15, -0.1) is 0 Å². The van der Waals surface area contributed by atoms with E-state index in [0.29, 0.717) is 6.04 Å². The molecule has 5 heteroatoms. The van der Waals surface area contributed by atoms with E-state index in [1.807, 2.05) is 0 Å². The summed E-state index contributed by atoms with van der Waals surface area (Å²) in [5.74, 6) is 0. The molecule has 0 heterocycles. The van der Waals surface area contributed by atoms with Gasteiger partial charge >= 0.3 is 0 Å². The molecule has 4 nitrogen and oxygen atoms in total. The lowest BCUT2D eigenvalue weighted by Gasteiger charge is -2.08. The highest BCUT2D eigenvalue weighted by Gasteiger charge is 2.06. The normalized spacial score (nSPS) is 12.0. The van der Waals surface area contributed by atoms with E-state index in [2.05, 4.69) is 19.2 Å². The molecule has 0 atom stereocenters. The third kappa shape index (κ3) is 3.99. The fraction of sp³-hybridized carbons (Fsp3) is 0.400. The zero-order valence-corrected chi connectivity index (χ0v) is 9.71. The van der Waals surface area contributed by atoms with Crippen molar-refractivity contribution in [1.82, 2.24) is 5.32 Å². The van der Waals surface area contributed by atoms with Crippen LogP contribution in [0.3, 0.4) is 0 Å². The topological polar surface area (TPSA) is 72.2 Å². The monoisotopic (exact) mass is 228 g/mol. The van der Waals surface area contributed by atoms with E-state index in [9.17, 15) is 8.42 Å². The molecule has 1 rings (SSSR count). The summed E-state index contributed by atoms with van der Waals surface area (Å²) in [6, 6.07) is 6.96. The minimum atomic E-state index is -3.57. The second-order valence-electron chi connectivity index (χ2n) is 3.72. The van der Waals surface area contributed by atoms with Crippen LogP contribution in [0.5, 0.6) is 0 Å². The maximum absolute atomic E-state index is 11.0. The highest BCUT2D eigenvalue weighted by Crippen LogP contribution is 2.08. The number of nitrogens with one attached hydrogen (secondary N) is 1. The van der Waals surface area contributed by atoms with Gasteiger partial charge in [-0.1, -0.05) is 26.0 Å². The number of rotatable bonds is 4. The van der Waals surface area contributed by atoms with E-state index < -0.39 is 10.0 Å². The van der Waals surface area contributed by atoms with Crippen molar-refractivity contribution in [2.75, 3.05) is 0 Å². The third-order valence-corrected chi connectivity index (χ3v) is 2.90. The van der Waals surface area contributed by atoms with Gasteiger partial charge in [-0.05, 0) is 17.7 Å². The first kappa shape index (κ1) is 12.2. The maximum atomic E-state index is 11.0. The Hall–Kier alpha value is -0.910.